The molecule has 1 saturated heterocycles. The molecule has 6 nitrogen and oxygen atoms in total. The van der Waals surface area contributed by atoms with Crippen LogP contribution in [0.1, 0.15) is 34.1 Å². The number of guanidine groups is 1. The summed E-state index contributed by atoms with van der Waals surface area (Å²) in [7, 11) is 0. The zero-order valence-corrected chi connectivity index (χ0v) is 14.4. The Labute approximate surface area is 134 Å². The van der Waals surface area contributed by atoms with Gasteiger partial charge in [-0.15, -0.1) is 0 Å². The quantitative estimate of drug-likeness (QED) is 0.572. The van der Waals surface area contributed by atoms with E-state index in [0.29, 0.717) is 0 Å². The van der Waals surface area contributed by atoms with Gasteiger partial charge in [0.25, 0.3) is 0 Å². The van der Waals surface area contributed by atoms with Crippen LogP contribution in [0.2, 0.25) is 0 Å². The molecule has 1 aliphatic carbocycles. The summed E-state index contributed by atoms with van der Waals surface area (Å²) in [5.74, 6) is 2.35. The number of aliphatic imine (C=N–C) groups is 1. The van der Waals surface area contributed by atoms with Crippen molar-refractivity contribution in [1.82, 2.24) is 15.1 Å². The van der Waals surface area contributed by atoms with Crippen LogP contribution in [0, 0.1) is 11.8 Å². The van der Waals surface area contributed by atoms with Crippen LogP contribution in [-0.2, 0) is 4.79 Å². The van der Waals surface area contributed by atoms with Crippen molar-refractivity contribution in [2.24, 2.45) is 22.6 Å². The molecule has 2 rings (SSSR count). The molecule has 2 aliphatic rings. The average Bonchev–Trinajstić information content (AvgIpc) is 3.19. The summed E-state index contributed by atoms with van der Waals surface area (Å²) in [5, 5.41) is 3.39. The van der Waals surface area contributed by atoms with E-state index < -0.39 is 5.54 Å². The van der Waals surface area contributed by atoms with E-state index in [1.807, 2.05) is 13.8 Å². The summed E-state index contributed by atoms with van der Waals surface area (Å²) in [4.78, 5) is 20.8. The van der Waals surface area contributed by atoms with Gasteiger partial charge >= 0.3 is 0 Å². The van der Waals surface area contributed by atoms with Gasteiger partial charge in [0.2, 0.25) is 5.91 Å². The molecule has 1 saturated carbocycles. The molecule has 2 fully saturated rings. The summed E-state index contributed by atoms with van der Waals surface area (Å²) in [6.45, 7) is 13.4. The molecule has 1 heterocycles. The van der Waals surface area contributed by atoms with Crippen molar-refractivity contribution in [3.63, 3.8) is 0 Å². The van der Waals surface area contributed by atoms with Gasteiger partial charge in [-0.25, -0.2) is 0 Å². The number of hydrogen-bond acceptors (Lipinski definition) is 3. The third-order valence-corrected chi connectivity index (χ3v) is 5.06. The number of amides is 1. The Morgan fingerprint density at radius 2 is 1.91 bits per heavy atom. The SMILES string of the molecule is CCNC(=NCC1CC1C)N1CCN(C(C)(C)C(N)=O)CC1. The highest BCUT2D eigenvalue weighted by Gasteiger charge is 2.35. The third kappa shape index (κ3) is 3.91. The van der Waals surface area contributed by atoms with E-state index in [4.69, 9.17) is 10.7 Å². The fraction of sp³-hybridized carbons (Fsp3) is 0.875. The van der Waals surface area contributed by atoms with E-state index in [-0.39, 0.29) is 5.91 Å². The van der Waals surface area contributed by atoms with Gasteiger partial charge in [0.1, 0.15) is 0 Å². The van der Waals surface area contributed by atoms with Crippen LogP contribution >= 0.6 is 0 Å². The molecule has 2 unspecified atom stereocenters. The lowest BCUT2D eigenvalue weighted by Crippen LogP contribution is -2.61. The zero-order chi connectivity index (χ0) is 16.3. The number of rotatable bonds is 5. The van der Waals surface area contributed by atoms with Gasteiger partial charge in [-0.3, -0.25) is 14.7 Å². The van der Waals surface area contributed by atoms with E-state index >= 15 is 0 Å². The van der Waals surface area contributed by atoms with Crippen molar-refractivity contribution in [1.29, 1.82) is 0 Å². The van der Waals surface area contributed by atoms with Crippen LogP contribution in [-0.4, -0.2) is 66.5 Å². The van der Waals surface area contributed by atoms with Crippen molar-refractivity contribution < 1.29 is 4.79 Å². The molecule has 3 N–H and O–H groups in total. The first-order valence-corrected chi connectivity index (χ1v) is 8.44. The summed E-state index contributed by atoms with van der Waals surface area (Å²) < 4.78 is 0. The molecule has 0 spiro atoms. The molecule has 0 bridgehead atoms. The van der Waals surface area contributed by atoms with Gasteiger partial charge in [0, 0.05) is 39.3 Å². The maximum atomic E-state index is 11.6. The monoisotopic (exact) mass is 309 g/mol. The number of primary amides is 1. The van der Waals surface area contributed by atoms with Crippen LogP contribution in [0.5, 0.6) is 0 Å². The van der Waals surface area contributed by atoms with Crippen LogP contribution in [0.15, 0.2) is 4.99 Å². The number of carbonyl (C=O) groups excluding carboxylic acids is 1. The van der Waals surface area contributed by atoms with E-state index in [1.54, 1.807) is 0 Å². The molecule has 6 heteroatoms. The maximum absolute atomic E-state index is 11.6. The molecule has 1 amide bonds. The minimum atomic E-state index is -0.578. The molecule has 0 aromatic carbocycles. The van der Waals surface area contributed by atoms with Gasteiger partial charge in [0.15, 0.2) is 5.96 Å². The second-order valence-corrected chi connectivity index (χ2v) is 7.07. The van der Waals surface area contributed by atoms with E-state index in [2.05, 4.69) is 29.0 Å². The zero-order valence-electron chi connectivity index (χ0n) is 14.4. The largest absolute Gasteiger partial charge is 0.368 e. The second-order valence-electron chi connectivity index (χ2n) is 7.07. The number of nitrogens with two attached hydrogens (primary N) is 1. The highest BCUT2D eigenvalue weighted by Crippen LogP contribution is 2.37. The highest BCUT2D eigenvalue weighted by molar-refractivity contribution is 5.84. The lowest BCUT2D eigenvalue weighted by molar-refractivity contribution is -0.129. The van der Waals surface area contributed by atoms with E-state index in [1.165, 1.54) is 6.42 Å². The lowest BCUT2D eigenvalue weighted by atomic mass is 10.0. The molecule has 126 valence electrons. The van der Waals surface area contributed by atoms with Crippen LogP contribution < -0.4 is 11.1 Å². The Kier molecular flexibility index (Phi) is 5.32. The Morgan fingerprint density at radius 1 is 1.32 bits per heavy atom. The van der Waals surface area contributed by atoms with Gasteiger partial charge in [-0.1, -0.05) is 6.92 Å². The smallest absolute Gasteiger partial charge is 0.237 e. The third-order valence-electron chi connectivity index (χ3n) is 5.06. The van der Waals surface area contributed by atoms with E-state index in [9.17, 15) is 4.79 Å². The summed E-state index contributed by atoms with van der Waals surface area (Å²) >= 11 is 0. The van der Waals surface area contributed by atoms with Crippen LogP contribution in [0.3, 0.4) is 0 Å². The number of carbonyl (C=O) groups is 1. The molecule has 1 aliphatic heterocycles. The standard InChI is InChI=1S/C16H31N5O/c1-5-18-15(19-11-13-10-12(13)2)20-6-8-21(9-7-20)16(3,4)14(17)22/h12-13H,5-11H2,1-4H3,(H2,17,22)(H,18,19). The molecular formula is C16H31N5O. The first-order valence-electron chi connectivity index (χ1n) is 8.44. The Hall–Kier alpha value is -1.30. The Balaban J connectivity index is 1.91. The summed E-state index contributed by atoms with van der Waals surface area (Å²) in [5.41, 5.74) is 4.94. The molecule has 0 aromatic heterocycles. The van der Waals surface area contributed by atoms with Crippen molar-refractivity contribution in [3.05, 3.63) is 0 Å². The topological polar surface area (TPSA) is 74.0 Å². The molecule has 2 atom stereocenters. The van der Waals surface area contributed by atoms with Crippen molar-refractivity contribution in [2.45, 2.75) is 39.7 Å². The number of hydrogen-bond donors (Lipinski definition) is 2. The fourth-order valence-electron chi connectivity index (χ4n) is 2.92. The summed E-state index contributed by atoms with van der Waals surface area (Å²) in [6, 6.07) is 0. The van der Waals surface area contributed by atoms with Crippen LogP contribution in [0.4, 0.5) is 0 Å². The van der Waals surface area contributed by atoms with Gasteiger partial charge in [0.05, 0.1) is 5.54 Å². The Morgan fingerprint density at radius 3 is 2.36 bits per heavy atom. The predicted molar refractivity (Wildman–Crippen MR) is 89.7 cm³/mol. The first kappa shape index (κ1) is 17.1. The van der Waals surface area contributed by atoms with Gasteiger partial charge in [-0.05, 0) is 39.0 Å². The molecule has 0 radical (unpaired) electrons. The number of nitrogens with zero attached hydrogens (tertiary/aromatic N) is 3. The minimum Gasteiger partial charge on any atom is -0.368 e. The highest BCUT2D eigenvalue weighted by atomic mass is 16.1. The molecule has 22 heavy (non-hydrogen) atoms. The van der Waals surface area contributed by atoms with Gasteiger partial charge < -0.3 is 16.0 Å². The minimum absolute atomic E-state index is 0.260. The average molecular weight is 309 g/mol. The predicted octanol–water partition coefficient (Wildman–Crippen LogP) is 0.489. The summed E-state index contributed by atoms with van der Waals surface area (Å²) in [6.07, 6.45) is 1.31. The normalized spacial score (nSPS) is 26.9. The number of piperazine rings is 1. The molecular weight excluding hydrogens is 278 g/mol. The number of nitrogens with one attached hydrogen (secondary N) is 1. The van der Waals surface area contributed by atoms with Gasteiger partial charge in [-0.2, -0.15) is 0 Å². The second kappa shape index (κ2) is 6.86. The lowest BCUT2D eigenvalue weighted by Gasteiger charge is -2.43. The maximum Gasteiger partial charge on any atom is 0.237 e. The molecule has 0 aromatic rings. The first-order chi connectivity index (χ1) is 10.4. The fourth-order valence-corrected chi connectivity index (χ4v) is 2.92. The van der Waals surface area contributed by atoms with Crippen molar-refractivity contribution >= 4 is 11.9 Å². The van der Waals surface area contributed by atoms with Crippen molar-refractivity contribution in [3.8, 4) is 0 Å². The van der Waals surface area contributed by atoms with E-state index in [0.717, 1.165) is 57.1 Å². The van der Waals surface area contributed by atoms with Crippen LogP contribution in [0.25, 0.3) is 0 Å². The van der Waals surface area contributed by atoms with Crippen molar-refractivity contribution in [2.75, 3.05) is 39.3 Å². The Bertz CT molecular complexity index is 426.